The molecule has 0 fully saturated rings. The summed E-state index contributed by atoms with van der Waals surface area (Å²) >= 11 is 0. The maximum atomic E-state index is 3.23. The SMILES string of the molecule is CNCC(C)c1cn(C)c2ccccc12. The lowest BCUT2D eigenvalue weighted by molar-refractivity contribution is 0.679. The van der Waals surface area contributed by atoms with Gasteiger partial charge < -0.3 is 9.88 Å². The van der Waals surface area contributed by atoms with Crippen LogP contribution in [-0.4, -0.2) is 18.2 Å². The Morgan fingerprint density at radius 1 is 1.33 bits per heavy atom. The molecule has 2 aromatic rings. The summed E-state index contributed by atoms with van der Waals surface area (Å²) in [6.45, 7) is 3.28. The molecule has 0 radical (unpaired) electrons. The van der Waals surface area contributed by atoms with Crippen molar-refractivity contribution in [2.45, 2.75) is 12.8 Å². The van der Waals surface area contributed by atoms with Crippen LogP contribution in [0, 0.1) is 0 Å². The summed E-state index contributed by atoms with van der Waals surface area (Å²) in [5, 5.41) is 4.61. The first-order valence-corrected chi connectivity index (χ1v) is 5.42. The summed E-state index contributed by atoms with van der Waals surface area (Å²) in [5.74, 6) is 0.557. The third kappa shape index (κ3) is 1.77. The standard InChI is InChI=1S/C13H18N2/c1-10(8-14-2)12-9-15(3)13-7-5-4-6-11(12)13/h4-7,9-10,14H,8H2,1-3H3. The summed E-state index contributed by atoms with van der Waals surface area (Å²) in [4.78, 5) is 0. The molecule has 1 N–H and O–H groups in total. The number of fused-ring (bicyclic) bond motifs is 1. The first kappa shape index (κ1) is 10.2. The zero-order valence-electron chi connectivity index (χ0n) is 9.62. The minimum atomic E-state index is 0.557. The van der Waals surface area contributed by atoms with Crippen molar-refractivity contribution in [2.24, 2.45) is 7.05 Å². The van der Waals surface area contributed by atoms with Crippen LogP contribution in [-0.2, 0) is 7.05 Å². The summed E-state index contributed by atoms with van der Waals surface area (Å²) in [5.41, 5.74) is 2.75. The predicted octanol–water partition coefficient (Wildman–Crippen LogP) is 2.50. The summed E-state index contributed by atoms with van der Waals surface area (Å²) < 4.78 is 2.21. The quantitative estimate of drug-likeness (QED) is 0.809. The summed E-state index contributed by atoms with van der Waals surface area (Å²) in [6.07, 6.45) is 2.24. The van der Waals surface area contributed by atoms with Gasteiger partial charge >= 0.3 is 0 Å². The predicted molar refractivity (Wildman–Crippen MR) is 65.3 cm³/mol. The molecule has 1 unspecified atom stereocenters. The second kappa shape index (κ2) is 4.07. The minimum absolute atomic E-state index is 0.557. The van der Waals surface area contributed by atoms with Crippen LogP contribution in [0.1, 0.15) is 18.4 Å². The number of hydrogen-bond acceptors (Lipinski definition) is 1. The molecule has 1 aromatic heterocycles. The van der Waals surface area contributed by atoms with Gasteiger partial charge in [0.25, 0.3) is 0 Å². The number of likely N-dealkylation sites (N-methyl/N-ethyl adjacent to an activating group) is 1. The van der Waals surface area contributed by atoms with E-state index in [0.29, 0.717) is 5.92 Å². The highest BCUT2D eigenvalue weighted by Gasteiger charge is 2.11. The van der Waals surface area contributed by atoms with E-state index in [0.717, 1.165) is 6.54 Å². The Labute approximate surface area is 90.9 Å². The number of para-hydroxylation sites is 1. The molecule has 0 aliphatic rings. The van der Waals surface area contributed by atoms with Crippen LogP contribution < -0.4 is 5.32 Å². The Morgan fingerprint density at radius 3 is 2.80 bits per heavy atom. The number of hydrogen-bond donors (Lipinski definition) is 1. The molecular weight excluding hydrogens is 184 g/mol. The Kier molecular flexibility index (Phi) is 2.78. The van der Waals surface area contributed by atoms with Crippen LogP contribution in [0.3, 0.4) is 0 Å². The van der Waals surface area contributed by atoms with Gasteiger partial charge in [-0.2, -0.15) is 0 Å². The van der Waals surface area contributed by atoms with E-state index in [9.17, 15) is 0 Å². The fourth-order valence-electron chi connectivity index (χ4n) is 2.18. The third-order valence-corrected chi connectivity index (χ3v) is 2.97. The van der Waals surface area contributed by atoms with Crippen LogP contribution in [0.15, 0.2) is 30.5 Å². The first-order valence-electron chi connectivity index (χ1n) is 5.42. The molecular formula is C13H18N2. The molecule has 0 aliphatic carbocycles. The Balaban J connectivity index is 2.52. The van der Waals surface area contributed by atoms with Crippen LogP contribution in [0.2, 0.25) is 0 Å². The average molecular weight is 202 g/mol. The van der Waals surface area contributed by atoms with Gasteiger partial charge in [-0.3, -0.25) is 0 Å². The number of aromatic nitrogens is 1. The lowest BCUT2D eigenvalue weighted by Crippen LogP contribution is -2.14. The van der Waals surface area contributed by atoms with E-state index in [4.69, 9.17) is 0 Å². The second-order valence-electron chi connectivity index (χ2n) is 4.17. The fourth-order valence-corrected chi connectivity index (χ4v) is 2.18. The van der Waals surface area contributed by atoms with Gasteiger partial charge in [0.05, 0.1) is 0 Å². The molecule has 0 amide bonds. The van der Waals surface area contributed by atoms with Gasteiger partial charge in [0.2, 0.25) is 0 Å². The van der Waals surface area contributed by atoms with Crippen LogP contribution in [0.5, 0.6) is 0 Å². The van der Waals surface area contributed by atoms with Crippen molar-refractivity contribution in [1.29, 1.82) is 0 Å². The maximum absolute atomic E-state index is 3.23. The van der Waals surface area contributed by atoms with Gasteiger partial charge in [0.15, 0.2) is 0 Å². The molecule has 0 spiro atoms. The Bertz CT molecular complexity index is 457. The van der Waals surface area contributed by atoms with Crippen LogP contribution >= 0.6 is 0 Å². The van der Waals surface area contributed by atoms with Crippen molar-refractivity contribution in [3.8, 4) is 0 Å². The summed E-state index contributed by atoms with van der Waals surface area (Å²) in [6, 6.07) is 8.58. The van der Waals surface area contributed by atoms with Crippen LogP contribution in [0.25, 0.3) is 10.9 Å². The van der Waals surface area contributed by atoms with E-state index < -0.39 is 0 Å². The number of benzene rings is 1. The van der Waals surface area contributed by atoms with Crippen molar-refractivity contribution >= 4 is 10.9 Å². The lowest BCUT2D eigenvalue weighted by atomic mass is 10.0. The van der Waals surface area contributed by atoms with Gasteiger partial charge in [-0.25, -0.2) is 0 Å². The number of nitrogens with one attached hydrogen (secondary N) is 1. The van der Waals surface area contributed by atoms with E-state index >= 15 is 0 Å². The van der Waals surface area contributed by atoms with E-state index in [1.807, 2.05) is 7.05 Å². The largest absolute Gasteiger partial charge is 0.350 e. The van der Waals surface area contributed by atoms with E-state index in [1.165, 1.54) is 16.5 Å². The first-order chi connectivity index (χ1) is 7.24. The van der Waals surface area contributed by atoms with E-state index in [-0.39, 0.29) is 0 Å². The highest BCUT2D eigenvalue weighted by atomic mass is 14.9. The van der Waals surface area contributed by atoms with Gasteiger partial charge in [0, 0.05) is 30.7 Å². The van der Waals surface area contributed by atoms with Gasteiger partial charge in [-0.1, -0.05) is 25.1 Å². The average Bonchev–Trinajstić information content (AvgIpc) is 2.58. The molecule has 0 aliphatic heterocycles. The number of nitrogens with zero attached hydrogens (tertiary/aromatic N) is 1. The van der Waals surface area contributed by atoms with E-state index in [1.54, 1.807) is 0 Å². The topological polar surface area (TPSA) is 17.0 Å². The molecule has 0 bridgehead atoms. The molecule has 1 heterocycles. The van der Waals surface area contributed by atoms with E-state index in [2.05, 4.69) is 54.3 Å². The van der Waals surface area contributed by atoms with Crippen molar-refractivity contribution in [1.82, 2.24) is 9.88 Å². The Hall–Kier alpha value is -1.28. The fraction of sp³-hybridized carbons (Fsp3) is 0.385. The maximum Gasteiger partial charge on any atom is 0.0480 e. The minimum Gasteiger partial charge on any atom is -0.350 e. The molecule has 2 nitrogen and oxygen atoms in total. The number of aryl methyl sites for hydroxylation is 1. The Morgan fingerprint density at radius 2 is 2.07 bits per heavy atom. The molecule has 1 atom stereocenters. The van der Waals surface area contributed by atoms with Gasteiger partial charge in [-0.15, -0.1) is 0 Å². The molecule has 2 heteroatoms. The number of rotatable bonds is 3. The van der Waals surface area contributed by atoms with Crippen molar-refractivity contribution < 1.29 is 0 Å². The van der Waals surface area contributed by atoms with Gasteiger partial charge in [-0.05, 0) is 24.6 Å². The van der Waals surface area contributed by atoms with Crippen molar-refractivity contribution in [3.05, 3.63) is 36.0 Å². The third-order valence-electron chi connectivity index (χ3n) is 2.97. The van der Waals surface area contributed by atoms with Crippen molar-refractivity contribution in [3.63, 3.8) is 0 Å². The zero-order chi connectivity index (χ0) is 10.8. The van der Waals surface area contributed by atoms with Crippen molar-refractivity contribution in [2.75, 3.05) is 13.6 Å². The monoisotopic (exact) mass is 202 g/mol. The van der Waals surface area contributed by atoms with Gasteiger partial charge in [0.1, 0.15) is 0 Å². The second-order valence-corrected chi connectivity index (χ2v) is 4.17. The highest BCUT2D eigenvalue weighted by molar-refractivity contribution is 5.84. The smallest absolute Gasteiger partial charge is 0.0480 e. The molecule has 15 heavy (non-hydrogen) atoms. The summed E-state index contributed by atoms with van der Waals surface area (Å²) in [7, 11) is 4.11. The van der Waals surface area contributed by atoms with Crippen LogP contribution in [0.4, 0.5) is 0 Å². The highest BCUT2D eigenvalue weighted by Crippen LogP contribution is 2.26. The molecule has 1 aromatic carbocycles. The molecule has 80 valence electrons. The molecule has 0 saturated heterocycles. The zero-order valence-corrected chi connectivity index (χ0v) is 9.62. The lowest BCUT2D eigenvalue weighted by Gasteiger charge is -2.09. The molecule has 0 saturated carbocycles. The normalized spacial score (nSPS) is 13.3. The molecule has 2 rings (SSSR count).